The predicted octanol–water partition coefficient (Wildman–Crippen LogP) is 2.14. The van der Waals surface area contributed by atoms with Crippen LogP contribution < -0.4 is 4.72 Å². The van der Waals surface area contributed by atoms with Crippen LogP contribution in [0, 0.1) is 18.8 Å². The number of anilines is 1. The van der Waals surface area contributed by atoms with Gasteiger partial charge in [-0.3, -0.25) is 4.72 Å². The van der Waals surface area contributed by atoms with Crippen molar-refractivity contribution >= 4 is 15.7 Å². The monoisotopic (exact) mass is 301 g/mol. The van der Waals surface area contributed by atoms with E-state index >= 15 is 0 Å². The van der Waals surface area contributed by atoms with E-state index in [2.05, 4.69) is 16.6 Å². The lowest BCUT2D eigenvalue weighted by atomic mass is 10.1. The molecule has 2 rings (SSSR count). The molecule has 2 aromatic rings. The fourth-order valence-electron chi connectivity index (χ4n) is 1.83. The van der Waals surface area contributed by atoms with Crippen LogP contribution >= 0.6 is 0 Å². The van der Waals surface area contributed by atoms with Crippen LogP contribution in [0.5, 0.6) is 0 Å². The zero-order valence-corrected chi connectivity index (χ0v) is 12.3. The summed E-state index contributed by atoms with van der Waals surface area (Å²) in [5, 5.41) is 8.70. The zero-order valence-electron chi connectivity index (χ0n) is 11.5. The molecule has 0 spiro atoms. The summed E-state index contributed by atoms with van der Waals surface area (Å²) in [5.41, 5.74) is 1.68. The van der Waals surface area contributed by atoms with Crippen LogP contribution in [-0.2, 0) is 10.0 Å². The highest BCUT2D eigenvalue weighted by Crippen LogP contribution is 2.20. The summed E-state index contributed by atoms with van der Waals surface area (Å²) in [6.45, 7) is 1.46. The highest BCUT2D eigenvalue weighted by Gasteiger charge is 2.17. The first kappa shape index (κ1) is 15.1. The lowest BCUT2D eigenvalue weighted by Crippen LogP contribution is -2.14. The van der Waals surface area contributed by atoms with Gasteiger partial charge in [-0.15, -0.1) is 0 Å². The van der Waals surface area contributed by atoms with Crippen LogP contribution in [0.2, 0.25) is 0 Å². The molecule has 0 aliphatic heterocycles. The molecule has 0 radical (unpaired) electrons. The summed E-state index contributed by atoms with van der Waals surface area (Å²) in [6, 6.07) is 13.6. The zero-order chi connectivity index (χ0) is 15.3. The fourth-order valence-corrected chi connectivity index (χ4v) is 3.16. The number of rotatable bonds is 3. The highest BCUT2D eigenvalue weighted by molar-refractivity contribution is 7.92. The molecule has 108 valence electrons. The van der Waals surface area contributed by atoms with Crippen molar-refractivity contribution in [2.24, 2.45) is 0 Å². The van der Waals surface area contributed by atoms with Gasteiger partial charge >= 0.3 is 0 Å². The fraction of sp³-hybridized carbons (Fsp3) is 0.125. The molecule has 0 aliphatic rings. The Balaban J connectivity index is 2.39. The first-order chi connectivity index (χ1) is 10.0. The van der Waals surface area contributed by atoms with Gasteiger partial charge in [0.25, 0.3) is 10.0 Å². The van der Waals surface area contributed by atoms with Gasteiger partial charge < -0.3 is 5.11 Å². The van der Waals surface area contributed by atoms with Crippen molar-refractivity contribution in [1.29, 1.82) is 0 Å². The van der Waals surface area contributed by atoms with E-state index in [1.54, 1.807) is 43.3 Å². The molecule has 2 N–H and O–H groups in total. The number of sulfonamides is 1. The van der Waals surface area contributed by atoms with Crippen molar-refractivity contribution in [3.05, 3.63) is 59.7 Å². The Kier molecular flexibility index (Phi) is 4.63. The maximum Gasteiger partial charge on any atom is 0.262 e. The van der Waals surface area contributed by atoms with E-state index in [0.717, 1.165) is 0 Å². The second-order valence-corrected chi connectivity index (χ2v) is 6.06. The quantitative estimate of drug-likeness (QED) is 0.854. The summed E-state index contributed by atoms with van der Waals surface area (Å²) < 4.78 is 27.4. The molecule has 4 nitrogen and oxygen atoms in total. The first-order valence-corrected chi connectivity index (χ1v) is 7.79. The Morgan fingerprint density at radius 2 is 1.86 bits per heavy atom. The number of nitrogens with one attached hydrogen (secondary N) is 1. The third-order valence-corrected chi connectivity index (χ3v) is 4.34. The predicted molar refractivity (Wildman–Crippen MR) is 82.4 cm³/mol. The Hall–Kier alpha value is -2.29. The number of aliphatic hydroxyl groups excluding tert-OH is 1. The summed E-state index contributed by atoms with van der Waals surface area (Å²) in [6.07, 6.45) is 0. The Labute approximate surface area is 124 Å². The first-order valence-electron chi connectivity index (χ1n) is 6.31. The number of aliphatic hydroxyl groups is 1. The number of para-hydroxylation sites is 1. The molecule has 2 aromatic carbocycles. The summed E-state index contributed by atoms with van der Waals surface area (Å²) in [4.78, 5) is 0.177. The minimum atomic E-state index is -3.67. The van der Waals surface area contributed by atoms with Gasteiger partial charge in [0, 0.05) is 11.3 Å². The van der Waals surface area contributed by atoms with Crippen molar-refractivity contribution < 1.29 is 13.5 Å². The van der Waals surface area contributed by atoms with E-state index < -0.39 is 10.0 Å². The van der Waals surface area contributed by atoms with Gasteiger partial charge in [-0.05, 0) is 36.8 Å². The summed E-state index contributed by atoms with van der Waals surface area (Å²) in [7, 11) is -3.67. The topological polar surface area (TPSA) is 66.4 Å². The van der Waals surface area contributed by atoms with Crippen LogP contribution in [0.15, 0.2) is 53.4 Å². The van der Waals surface area contributed by atoms with Gasteiger partial charge in [-0.2, -0.15) is 0 Å². The van der Waals surface area contributed by atoms with Crippen molar-refractivity contribution in [1.82, 2.24) is 0 Å². The van der Waals surface area contributed by atoms with Crippen molar-refractivity contribution in [3.63, 3.8) is 0 Å². The number of hydrogen-bond acceptors (Lipinski definition) is 3. The molecule has 0 fully saturated rings. The average Bonchev–Trinajstić information content (AvgIpc) is 2.47. The summed E-state index contributed by atoms with van der Waals surface area (Å²) in [5.74, 6) is 5.21. The second kappa shape index (κ2) is 6.44. The molecule has 5 heteroatoms. The molecule has 0 unspecified atom stereocenters. The SMILES string of the molecule is Cc1ccc(C#CCO)cc1S(=O)(=O)Nc1ccccc1. The Morgan fingerprint density at radius 3 is 2.52 bits per heavy atom. The van der Waals surface area contributed by atoms with Crippen molar-refractivity contribution in [2.75, 3.05) is 11.3 Å². The maximum absolute atomic E-state index is 12.4. The minimum absolute atomic E-state index is 0.177. The number of aryl methyl sites for hydroxylation is 1. The highest BCUT2D eigenvalue weighted by atomic mass is 32.2. The maximum atomic E-state index is 12.4. The molecular weight excluding hydrogens is 286 g/mol. The molecule has 0 amide bonds. The normalized spacial score (nSPS) is 10.6. The molecule has 21 heavy (non-hydrogen) atoms. The van der Waals surface area contributed by atoms with Crippen LogP contribution in [-0.4, -0.2) is 20.1 Å². The number of benzene rings is 2. The van der Waals surface area contributed by atoms with Crippen LogP contribution in [0.25, 0.3) is 0 Å². The molecule has 0 bridgehead atoms. The molecule has 0 saturated carbocycles. The van der Waals surface area contributed by atoms with Crippen molar-refractivity contribution in [3.8, 4) is 11.8 Å². The molecule has 0 aromatic heterocycles. The van der Waals surface area contributed by atoms with E-state index in [-0.39, 0.29) is 11.5 Å². The van der Waals surface area contributed by atoms with Gasteiger partial charge in [0.15, 0.2) is 0 Å². The van der Waals surface area contributed by atoms with Crippen LogP contribution in [0.3, 0.4) is 0 Å². The Morgan fingerprint density at radius 1 is 1.14 bits per heavy atom. The van der Waals surface area contributed by atoms with Gasteiger partial charge in [0.1, 0.15) is 6.61 Å². The lowest BCUT2D eigenvalue weighted by molar-refractivity contribution is 0.350. The Bertz CT molecular complexity index is 787. The van der Waals surface area contributed by atoms with Crippen LogP contribution in [0.4, 0.5) is 5.69 Å². The largest absolute Gasteiger partial charge is 0.384 e. The second-order valence-electron chi connectivity index (χ2n) is 4.41. The van der Waals surface area contributed by atoms with Gasteiger partial charge in [0.05, 0.1) is 4.90 Å². The van der Waals surface area contributed by atoms with E-state index in [0.29, 0.717) is 16.8 Å². The smallest absolute Gasteiger partial charge is 0.262 e. The average molecular weight is 301 g/mol. The van der Waals surface area contributed by atoms with Gasteiger partial charge in [-0.1, -0.05) is 36.1 Å². The lowest BCUT2D eigenvalue weighted by Gasteiger charge is -2.10. The van der Waals surface area contributed by atoms with Gasteiger partial charge in [-0.25, -0.2) is 8.42 Å². The third kappa shape index (κ3) is 3.85. The van der Waals surface area contributed by atoms with E-state index in [1.165, 1.54) is 6.07 Å². The third-order valence-electron chi connectivity index (χ3n) is 2.82. The molecule has 0 heterocycles. The van der Waals surface area contributed by atoms with E-state index in [4.69, 9.17) is 5.11 Å². The minimum Gasteiger partial charge on any atom is -0.384 e. The van der Waals surface area contributed by atoms with Gasteiger partial charge in [0.2, 0.25) is 0 Å². The number of hydrogen-bond donors (Lipinski definition) is 2. The molecule has 0 aliphatic carbocycles. The molecular formula is C16H15NO3S. The van der Waals surface area contributed by atoms with E-state index in [9.17, 15) is 8.42 Å². The standard InChI is InChI=1S/C16H15NO3S/c1-13-9-10-14(6-5-11-18)12-16(13)21(19,20)17-15-7-3-2-4-8-15/h2-4,7-10,12,17-18H,11H2,1H3. The van der Waals surface area contributed by atoms with Crippen LogP contribution in [0.1, 0.15) is 11.1 Å². The summed E-state index contributed by atoms with van der Waals surface area (Å²) >= 11 is 0. The molecule has 0 saturated heterocycles. The molecule has 0 atom stereocenters. The van der Waals surface area contributed by atoms with E-state index in [1.807, 2.05) is 6.07 Å². The van der Waals surface area contributed by atoms with Crippen molar-refractivity contribution in [2.45, 2.75) is 11.8 Å².